The van der Waals surface area contributed by atoms with Gasteiger partial charge in [0, 0.05) is 31.2 Å². The number of ether oxygens (including phenoxy) is 1. The molecule has 1 fully saturated rings. The van der Waals surface area contributed by atoms with Gasteiger partial charge >= 0.3 is 0 Å². The van der Waals surface area contributed by atoms with Gasteiger partial charge in [-0.3, -0.25) is 4.90 Å². The van der Waals surface area contributed by atoms with Crippen molar-refractivity contribution in [3.63, 3.8) is 0 Å². The second-order valence-corrected chi connectivity index (χ2v) is 6.34. The first-order valence-electron chi connectivity index (χ1n) is 7.77. The summed E-state index contributed by atoms with van der Waals surface area (Å²) < 4.78 is 5.84. The summed E-state index contributed by atoms with van der Waals surface area (Å²) in [5.74, 6) is 0.967. The Kier molecular flexibility index (Phi) is 5.44. The van der Waals surface area contributed by atoms with Crippen LogP contribution in [0.2, 0.25) is 0 Å². The van der Waals surface area contributed by atoms with Crippen molar-refractivity contribution in [1.82, 2.24) is 10.2 Å². The molecule has 1 unspecified atom stereocenters. The highest BCUT2D eigenvalue weighted by Crippen LogP contribution is 2.18. The highest BCUT2D eigenvalue weighted by Gasteiger charge is 2.31. The van der Waals surface area contributed by atoms with Crippen molar-refractivity contribution in [1.29, 1.82) is 0 Å². The maximum absolute atomic E-state index is 5.84. The Balaban J connectivity index is 1.84. The lowest BCUT2D eigenvalue weighted by atomic mass is 9.97. The predicted octanol–water partition coefficient (Wildman–Crippen LogP) is 2.92. The quantitative estimate of drug-likeness (QED) is 0.864. The average molecular weight is 276 g/mol. The molecule has 0 amide bonds. The third-order valence-electron chi connectivity index (χ3n) is 3.94. The van der Waals surface area contributed by atoms with E-state index in [9.17, 15) is 0 Å². The molecule has 2 rings (SSSR count). The van der Waals surface area contributed by atoms with Crippen molar-refractivity contribution in [2.75, 3.05) is 26.2 Å². The van der Waals surface area contributed by atoms with Crippen molar-refractivity contribution in [2.24, 2.45) is 0 Å². The van der Waals surface area contributed by atoms with Gasteiger partial charge in [0.1, 0.15) is 12.4 Å². The summed E-state index contributed by atoms with van der Waals surface area (Å²) >= 11 is 0. The van der Waals surface area contributed by atoms with Crippen molar-refractivity contribution >= 4 is 0 Å². The number of benzene rings is 1. The smallest absolute Gasteiger partial charge is 0.119 e. The molecule has 1 aromatic rings. The molecular formula is C17H28N2O. The minimum atomic E-state index is 0.205. The number of hydrogen-bond acceptors (Lipinski definition) is 3. The Morgan fingerprint density at radius 3 is 2.75 bits per heavy atom. The summed E-state index contributed by atoms with van der Waals surface area (Å²) in [7, 11) is 0. The van der Waals surface area contributed by atoms with Crippen LogP contribution in [0.1, 0.15) is 33.6 Å². The van der Waals surface area contributed by atoms with E-state index in [1.165, 1.54) is 12.8 Å². The lowest BCUT2D eigenvalue weighted by Gasteiger charge is -2.44. The number of nitrogens with one attached hydrogen (secondary N) is 1. The van der Waals surface area contributed by atoms with E-state index in [0.29, 0.717) is 6.04 Å². The monoisotopic (exact) mass is 276 g/mol. The van der Waals surface area contributed by atoms with Gasteiger partial charge in [-0.15, -0.1) is 0 Å². The van der Waals surface area contributed by atoms with E-state index in [1.54, 1.807) is 0 Å². The van der Waals surface area contributed by atoms with E-state index >= 15 is 0 Å². The lowest BCUT2D eigenvalue weighted by Crippen LogP contribution is -2.62. The van der Waals surface area contributed by atoms with Crippen molar-refractivity contribution < 1.29 is 4.74 Å². The molecule has 3 heteroatoms. The van der Waals surface area contributed by atoms with Gasteiger partial charge in [-0.1, -0.05) is 31.5 Å². The van der Waals surface area contributed by atoms with Gasteiger partial charge < -0.3 is 10.1 Å². The third-order valence-corrected chi connectivity index (χ3v) is 3.94. The Hall–Kier alpha value is -1.06. The van der Waals surface area contributed by atoms with Crippen LogP contribution in [0.5, 0.6) is 5.75 Å². The standard InChI is InChI=1S/C17H28N2O/c1-4-8-15-13-18-17(2,3)14-19(15)11-12-20-16-9-6-5-7-10-16/h5-7,9-10,15,18H,4,8,11-14H2,1-3H3. The number of para-hydroxylation sites is 1. The highest BCUT2D eigenvalue weighted by molar-refractivity contribution is 5.20. The number of rotatable bonds is 6. The molecule has 0 aromatic heterocycles. The van der Waals surface area contributed by atoms with E-state index in [1.807, 2.05) is 30.3 Å². The van der Waals surface area contributed by atoms with Crippen LogP contribution in [0.4, 0.5) is 0 Å². The molecule has 1 N–H and O–H groups in total. The van der Waals surface area contributed by atoms with Crippen LogP contribution in [-0.4, -0.2) is 42.7 Å². The summed E-state index contributed by atoms with van der Waals surface area (Å²) in [6, 6.07) is 10.7. The van der Waals surface area contributed by atoms with Crippen LogP contribution >= 0.6 is 0 Å². The van der Waals surface area contributed by atoms with Crippen molar-refractivity contribution in [3.8, 4) is 5.75 Å². The van der Waals surface area contributed by atoms with E-state index < -0.39 is 0 Å². The molecule has 0 bridgehead atoms. The molecular weight excluding hydrogens is 248 g/mol. The predicted molar refractivity (Wildman–Crippen MR) is 84.3 cm³/mol. The Morgan fingerprint density at radius 1 is 1.30 bits per heavy atom. The molecule has 1 aliphatic rings. The summed E-state index contributed by atoms with van der Waals surface area (Å²) in [4.78, 5) is 2.59. The van der Waals surface area contributed by atoms with Gasteiger partial charge in [0.2, 0.25) is 0 Å². The zero-order valence-electron chi connectivity index (χ0n) is 13.1. The van der Waals surface area contributed by atoms with E-state index in [2.05, 4.69) is 31.0 Å². The minimum absolute atomic E-state index is 0.205. The topological polar surface area (TPSA) is 24.5 Å². The second kappa shape index (κ2) is 7.09. The van der Waals surface area contributed by atoms with Crippen LogP contribution < -0.4 is 10.1 Å². The number of piperazine rings is 1. The Bertz CT molecular complexity index is 391. The molecule has 0 radical (unpaired) electrons. The molecule has 1 saturated heterocycles. The van der Waals surface area contributed by atoms with Crippen LogP contribution in [0.15, 0.2) is 30.3 Å². The van der Waals surface area contributed by atoms with Gasteiger partial charge in [-0.05, 0) is 32.4 Å². The first-order chi connectivity index (χ1) is 9.61. The van der Waals surface area contributed by atoms with Gasteiger partial charge in [0.05, 0.1) is 0 Å². The van der Waals surface area contributed by atoms with Gasteiger partial charge in [-0.25, -0.2) is 0 Å². The molecule has 3 nitrogen and oxygen atoms in total. The summed E-state index contributed by atoms with van der Waals surface area (Å²) in [5, 5.41) is 3.65. The van der Waals surface area contributed by atoms with Crippen molar-refractivity contribution in [2.45, 2.75) is 45.2 Å². The Morgan fingerprint density at radius 2 is 2.05 bits per heavy atom. The van der Waals surface area contributed by atoms with Crippen LogP contribution in [0.3, 0.4) is 0 Å². The highest BCUT2D eigenvalue weighted by atomic mass is 16.5. The molecule has 1 aliphatic heterocycles. The first kappa shape index (κ1) is 15.3. The van der Waals surface area contributed by atoms with E-state index in [0.717, 1.165) is 32.0 Å². The molecule has 0 aliphatic carbocycles. The van der Waals surface area contributed by atoms with Crippen molar-refractivity contribution in [3.05, 3.63) is 30.3 Å². The SMILES string of the molecule is CCCC1CNC(C)(C)CN1CCOc1ccccc1. The number of nitrogens with zero attached hydrogens (tertiary/aromatic N) is 1. The average Bonchev–Trinajstić information content (AvgIpc) is 2.43. The first-order valence-corrected chi connectivity index (χ1v) is 7.77. The minimum Gasteiger partial charge on any atom is -0.492 e. The number of hydrogen-bond donors (Lipinski definition) is 1. The molecule has 1 aromatic carbocycles. The van der Waals surface area contributed by atoms with E-state index in [4.69, 9.17) is 4.74 Å². The fourth-order valence-electron chi connectivity index (χ4n) is 2.89. The largest absolute Gasteiger partial charge is 0.492 e. The van der Waals surface area contributed by atoms with Gasteiger partial charge in [0.25, 0.3) is 0 Å². The van der Waals surface area contributed by atoms with Gasteiger partial charge in [-0.2, -0.15) is 0 Å². The maximum atomic E-state index is 5.84. The zero-order chi connectivity index (χ0) is 14.4. The molecule has 20 heavy (non-hydrogen) atoms. The zero-order valence-corrected chi connectivity index (χ0v) is 13.1. The second-order valence-electron chi connectivity index (χ2n) is 6.34. The fraction of sp³-hybridized carbons (Fsp3) is 0.647. The van der Waals surface area contributed by atoms with E-state index in [-0.39, 0.29) is 5.54 Å². The van der Waals surface area contributed by atoms with Crippen LogP contribution in [-0.2, 0) is 0 Å². The summed E-state index contributed by atoms with van der Waals surface area (Å²) in [6.45, 7) is 10.8. The van der Waals surface area contributed by atoms with Gasteiger partial charge in [0.15, 0.2) is 0 Å². The van der Waals surface area contributed by atoms with Crippen LogP contribution in [0.25, 0.3) is 0 Å². The molecule has 0 saturated carbocycles. The lowest BCUT2D eigenvalue weighted by molar-refractivity contribution is 0.0753. The third kappa shape index (κ3) is 4.50. The normalized spacial score (nSPS) is 22.6. The molecule has 1 atom stereocenters. The summed E-state index contributed by atoms with van der Waals surface area (Å²) in [5.41, 5.74) is 0.205. The van der Waals surface area contributed by atoms with Crippen LogP contribution in [0, 0.1) is 0 Å². The molecule has 112 valence electrons. The molecule has 1 heterocycles. The Labute approximate surface area is 123 Å². The summed E-state index contributed by atoms with van der Waals surface area (Å²) in [6.07, 6.45) is 2.50. The fourth-order valence-corrected chi connectivity index (χ4v) is 2.89. The molecule has 0 spiro atoms. The maximum Gasteiger partial charge on any atom is 0.119 e.